The van der Waals surface area contributed by atoms with Gasteiger partial charge >= 0.3 is 5.69 Å². The highest BCUT2D eigenvalue weighted by Gasteiger charge is 2.09. The van der Waals surface area contributed by atoms with Gasteiger partial charge in [0.25, 0.3) is 0 Å². The highest BCUT2D eigenvalue weighted by molar-refractivity contribution is 9.10. The fourth-order valence-corrected chi connectivity index (χ4v) is 3.20. The highest BCUT2D eigenvalue weighted by atomic mass is 79.9. The first kappa shape index (κ1) is 13.4. The van der Waals surface area contributed by atoms with Crippen LogP contribution in [0.2, 0.25) is 0 Å². The SMILES string of the molecule is CC(N)c1ccc(Sc2n[nH]c(=O)n2C)cc1Br. The Labute approximate surface area is 117 Å². The van der Waals surface area contributed by atoms with Gasteiger partial charge in [-0.05, 0) is 36.4 Å². The molecule has 18 heavy (non-hydrogen) atoms. The zero-order valence-corrected chi connectivity index (χ0v) is 12.4. The van der Waals surface area contributed by atoms with E-state index in [2.05, 4.69) is 26.1 Å². The van der Waals surface area contributed by atoms with Crippen LogP contribution in [0.15, 0.2) is 37.5 Å². The zero-order valence-electron chi connectivity index (χ0n) is 9.98. The molecule has 0 fully saturated rings. The van der Waals surface area contributed by atoms with Gasteiger partial charge in [-0.2, -0.15) is 0 Å². The summed E-state index contributed by atoms with van der Waals surface area (Å²) in [5.74, 6) is 0. The third-order valence-electron chi connectivity index (χ3n) is 2.51. The molecule has 0 saturated carbocycles. The van der Waals surface area contributed by atoms with Crippen molar-refractivity contribution in [3.63, 3.8) is 0 Å². The first-order valence-electron chi connectivity index (χ1n) is 5.33. The van der Waals surface area contributed by atoms with Gasteiger partial charge in [0.2, 0.25) is 0 Å². The summed E-state index contributed by atoms with van der Waals surface area (Å²) in [5.41, 5.74) is 6.68. The number of nitrogens with two attached hydrogens (primary N) is 1. The number of aromatic amines is 1. The molecule has 2 aromatic rings. The molecule has 1 atom stereocenters. The van der Waals surface area contributed by atoms with Crippen molar-refractivity contribution in [3.05, 3.63) is 38.7 Å². The van der Waals surface area contributed by atoms with E-state index in [1.54, 1.807) is 7.05 Å². The van der Waals surface area contributed by atoms with Gasteiger partial charge in [-0.1, -0.05) is 22.0 Å². The number of halogens is 1. The monoisotopic (exact) mass is 328 g/mol. The largest absolute Gasteiger partial charge is 0.343 e. The Balaban J connectivity index is 2.28. The Morgan fingerprint density at radius 2 is 2.28 bits per heavy atom. The second-order valence-electron chi connectivity index (χ2n) is 3.94. The third-order valence-corrected chi connectivity index (χ3v) is 4.23. The maximum atomic E-state index is 11.2. The average Bonchev–Trinajstić information content (AvgIpc) is 2.61. The van der Waals surface area contributed by atoms with E-state index in [0.717, 1.165) is 14.9 Å². The fraction of sp³-hybridized carbons (Fsp3) is 0.273. The molecule has 2 rings (SSSR count). The van der Waals surface area contributed by atoms with Crippen LogP contribution in [-0.4, -0.2) is 14.8 Å². The van der Waals surface area contributed by atoms with Crippen molar-refractivity contribution in [1.82, 2.24) is 14.8 Å². The number of benzene rings is 1. The Hall–Kier alpha value is -1.05. The van der Waals surface area contributed by atoms with Crippen molar-refractivity contribution < 1.29 is 0 Å². The topological polar surface area (TPSA) is 76.7 Å². The maximum Gasteiger partial charge on any atom is 0.343 e. The van der Waals surface area contributed by atoms with Crippen molar-refractivity contribution in [1.29, 1.82) is 0 Å². The molecule has 3 N–H and O–H groups in total. The standard InChI is InChI=1S/C11H13BrN4OS/c1-6(13)8-4-3-7(5-9(8)12)18-11-15-14-10(17)16(11)2/h3-6H,13H2,1-2H3,(H,14,17). The van der Waals surface area contributed by atoms with Gasteiger partial charge < -0.3 is 5.73 Å². The second kappa shape index (κ2) is 5.29. The molecule has 5 nitrogen and oxygen atoms in total. The molecule has 0 aliphatic heterocycles. The average molecular weight is 329 g/mol. The number of aromatic nitrogens is 3. The molecule has 1 aromatic heterocycles. The molecule has 7 heteroatoms. The Bertz CT molecular complexity index is 620. The predicted molar refractivity (Wildman–Crippen MR) is 74.7 cm³/mol. The van der Waals surface area contributed by atoms with E-state index in [1.165, 1.54) is 16.3 Å². The minimum absolute atomic E-state index is 0.0202. The number of hydrogen-bond donors (Lipinski definition) is 2. The summed E-state index contributed by atoms with van der Waals surface area (Å²) < 4.78 is 2.43. The Morgan fingerprint density at radius 1 is 1.56 bits per heavy atom. The molecule has 0 radical (unpaired) electrons. The van der Waals surface area contributed by atoms with Crippen LogP contribution in [0.5, 0.6) is 0 Å². The molecule has 0 amide bonds. The third kappa shape index (κ3) is 2.68. The van der Waals surface area contributed by atoms with Crippen LogP contribution < -0.4 is 11.4 Å². The molecule has 1 unspecified atom stereocenters. The lowest BCUT2D eigenvalue weighted by Crippen LogP contribution is -2.12. The van der Waals surface area contributed by atoms with E-state index in [9.17, 15) is 4.79 Å². The highest BCUT2D eigenvalue weighted by Crippen LogP contribution is 2.30. The van der Waals surface area contributed by atoms with Crippen molar-refractivity contribution >= 4 is 27.7 Å². The summed E-state index contributed by atoms with van der Waals surface area (Å²) in [6, 6.07) is 5.89. The van der Waals surface area contributed by atoms with E-state index < -0.39 is 0 Å². The van der Waals surface area contributed by atoms with Crippen LogP contribution in [0.4, 0.5) is 0 Å². The molecule has 0 aliphatic rings. The van der Waals surface area contributed by atoms with Crippen LogP contribution in [0.3, 0.4) is 0 Å². The van der Waals surface area contributed by atoms with E-state index in [4.69, 9.17) is 5.73 Å². The summed E-state index contributed by atoms with van der Waals surface area (Å²) >= 11 is 4.91. The summed E-state index contributed by atoms with van der Waals surface area (Å²) in [7, 11) is 1.68. The summed E-state index contributed by atoms with van der Waals surface area (Å²) in [6.45, 7) is 1.93. The predicted octanol–water partition coefficient (Wildman–Crippen LogP) is 2.04. The minimum Gasteiger partial charge on any atom is -0.324 e. The second-order valence-corrected chi connectivity index (χ2v) is 5.84. The molecule has 0 aliphatic carbocycles. The van der Waals surface area contributed by atoms with Crippen molar-refractivity contribution in [2.24, 2.45) is 12.8 Å². The zero-order chi connectivity index (χ0) is 13.3. The molecule has 0 bridgehead atoms. The molecule has 1 aromatic carbocycles. The summed E-state index contributed by atoms with van der Waals surface area (Å²) in [5, 5.41) is 6.98. The van der Waals surface area contributed by atoms with Gasteiger partial charge in [0.1, 0.15) is 0 Å². The minimum atomic E-state index is -0.219. The van der Waals surface area contributed by atoms with E-state index >= 15 is 0 Å². The molecular weight excluding hydrogens is 316 g/mol. The van der Waals surface area contributed by atoms with Crippen LogP contribution >= 0.6 is 27.7 Å². The van der Waals surface area contributed by atoms with E-state index in [1.807, 2.05) is 25.1 Å². The number of nitrogens with zero attached hydrogens (tertiary/aromatic N) is 2. The number of hydrogen-bond acceptors (Lipinski definition) is 4. The molecule has 96 valence electrons. The lowest BCUT2D eigenvalue weighted by Gasteiger charge is -2.09. The van der Waals surface area contributed by atoms with Crippen LogP contribution in [0, 0.1) is 0 Å². The van der Waals surface area contributed by atoms with Crippen LogP contribution in [0.1, 0.15) is 18.5 Å². The molecule has 0 saturated heterocycles. The number of rotatable bonds is 3. The van der Waals surface area contributed by atoms with Gasteiger partial charge in [-0.15, -0.1) is 5.10 Å². The van der Waals surface area contributed by atoms with Crippen molar-refractivity contribution in [2.45, 2.75) is 23.0 Å². The number of nitrogens with one attached hydrogen (secondary N) is 1. The Kier molecular flexibility index (Phi) is 3.94. The number of H-pyrrole nitrogens is 1. The van der Waals surface area contributed by atoms with E-state index in [0.29, 0.717) is 5.16 Å². The lowest BCUT2D eigenvalue weighted by molar-refractivity contribution is 0.765. The van der Waals surface area contributed by atoms with Crippen LogP contribution in [0.25, 0.3) is 0 Å². The molecule has 1 heterocycles. The normalized spacial score (nSPS) is 12.7. The van der Waals surface area contributed by atoms with Gasteiger partial charge in [0.05, 0.1) is 0 Å². The molecular formula is C11H13BrN4OS. The summed E-state index contributed by atoms with van der Waals surface area (Å²) in [4.78, 5) is 12.2. The van der Waals surface area contributed by atoms with Gasteiger partial charge in [0.15, 0.2) is 5.16 Å². The van der Waals surface area contributed by atoms with Gasteiger partial charge in [-0.3, -0.25) is 4.57 Å². The fourth-order valence-electron chi connectivity index (χ4n) is 1.47. The van der Waals surface area contributed by atoms with Gasteiger partial charge in [-0.25, -0.2) is 9.89 Å². The maximum absolute atomic E-state index is 11.2. The van der Waals surface area contributed by atoms with Crippen molar-refractivity contribution in [3.8, 4) is 0 Å². The first-order valence-corrected chi connectivity index (χ1v) is 6.94. The quantitative estimate of drug-likeness (QED) is 0.903. The van der Waals surface area contributed by atoms with E-state index in [-0.39, 0.29) is 11.7 Å². The Morgan fingerprint density at radius 3 is 2.78 bits per heavy atom. The van der Waals surface area contributed by atoms with Crippen LogP contribution in [-0.2, 0) is 7.05 Å². The summed E-state index contributed by atoms with van der Waals surface area (Å²) in [6.07, 6.45) is 0. The smallest absolute Gasteiger partial charge is 0.324 e. The molecule has 0 spiro atoms. The van der Waals surface area contributed by atoms with Gasteiger partial charge in [0, 0.05) is 22.5 Å². The first-order chi connectivity index (χ1) is 8.49. The lowest BCUT2D eigenvalue weighted by atomic mass is 10.1. The van der Waals surface area contributed by atoms with Crippen molar-refractivity contribution in [2.75, 3.05) is 0 Å².